The number of hydrogen-bond acceptors (Lipinski definition) is 8. The molecule has 5 N–H and O–H groups in total. The summed E-state index contributed by atoms with van der Waals surface area (Å²) in [6, 6.07) is 4.95. The second kappa shape index (κ2) is 5.72. The highest BCUT2D eigenvalue weighted by molar-refractivity contribution is 5.67. The molecule has 1 saturated heterocycles. The first-order chi connectivity index (χ1) is 11.4. The second-order valence-electron chi connectivity index (χ2n) is 5.53. The summed E-state index contributed by atoms with van der Waals surface area (Å²) in [6.07, 6.45) is -3.10. The van der Waals surface area contributed by atoms with E-state index in [2.05, 4.69) is 10.1 Å². The van der Waals surface area contributed by atoms with E-state index in [1.807, 2.05) is 6.07 Å². The largest absolute Gasteiger partial charge is 0.481 e. The highest BCUT2D eigenvalue weighted by Gasteiger charge is 2.57. The van der Waals surface area contributed by atoms with Crippen molar-refractivity contribution in [3.8, 4) is 6.07 Å². The molecule has 3 rings (SSSR count). The van der Waals surface area contributed by atoms with Gasteiger partial charge in [-0.25, -0.2) is 9.50 Å². The monoisotopic (exact) mass is 333 g/mol. The molecule has 0 spiro atoms. The number of carbonyl (C=O) groups is 1. The Morgan fingerprint density at radius 1 is 1.50 bits per heavy atom. The van der Waals surface area contributed by atoms with Crippen molar-refractivity contribution in [2.24, 2.45) is 0 Å². The van der Waals surface area contributed by atoms with Crippen LogP contribution in [-0.2, 0) is 15.1 Å². The van der Waals surface area contributed by atoms with Crippen LogP contribution in [0.3, 0.4) is 0 Å². The number of ether oxygens (including phenoxy) is 1. The van der Waals surface area contributed by atoms with Gasteiger partial charge in [-0.2, -0.15) is 10.4 Å². The van der Waals surface area contributed by atoms with Crippen LogP contribution < -0.4 is 5.73 Å². The van der Waals surface area contributed by atoms with Crippen LogP contribution in [0.5, 0.6) is 0 Å². The molecule has 0 amide bonds. The minimum absolute atomic E-state index is 0.0442. The third-order valence-corrected chi connectivity index (χ3v) is 4.13. The molecule has 1 aliphatic heterocycles. The Morgan fingerprint density at radius 3 is 2.92 bits per heavy atom. The molecular formula is C14H15N5O5. The molecular weight excluding hydrogens is 318 g/mol. The van der Waals surface area contributed by atoms with Crippen LogP contribution in [0.2, 0.25) is 0 Å². The Labute approximate surface area is 135 Å². The molecule has 1 fully saturated rings. The zero-order chi connectivity index (χ0) is 17.5. The van der Waals surface area contributed by atoms with Crippen molar-refractivity contribution in [1.29, 1.82) is 5.26 Å². The lowest BCUT2D eigenvalue weighted by atomic mass is 9.92. The molecule has 0 unspecified atom stereocenters. The fraction of sp³-hybridized carbons (Fsp3) is 0.429. The van der Waals surface area contributed by atoms with Crippen molar-refractivity contribution < 1.29 is 24.9 Å². The lowest BCUT2D eigenvalue weighted by molar-refractivity contribution is -0.138. The van der Waals surface area contributed by atoms with Gasteiger partial charge in [0, 0.05) is 6.42 Å². The minimum Gasteiger partial charge on any atom is -0.481 e. The number of nitrogens with two attached hydrogens (primary N) is 1. The predicted octanol–water partition coefficient (Wildman–Crippen LogP) is -0.984. The number of nitrogen functional groups attached to an aromatic ring is 1. The Bertz CT molecular complexity index is 831. The van der Waals surface area contributed by atoms with E-state index >= 15 is 0 Å². The summed E-state index contributed by atoms with van der Waals surface area (Å²) in [4.78, 5) is 14.6. The highest BCUT2D eigenvalue weighted by atomic mass is 16.6. The normalized spacial score (nSPS) is 29.6. The van der Waals surface area contributed by atoms with Gasteiger partial charge in [-0.05, 0) is 18.6 Å². The summed E-state index contributed by atoms with van der Waals surface area (Å²) in [6.45, 7) is 0. The number of nitrogens with zero attached hydrogens (tertiary/aromatic N) is 4. The van der Waals surface area contributed by atoms with Gasteiger partial charge in [0.1, 0.15) is 30.1 Å². The number of aliphatic hydroxyl groups is 2. The number of rotatable bonds is 4. The SMILES string of the molecule is N#C[C@@]1(c2ccc3c(N)ncnn23)O[C@H](CCC(=O)O)[C@@H](O)[C@H]1O. The number of fused-ring (bicyclic) bond motifs is 1. The number of hydrogen-bond donors (Lipinski definition) is 4. The third kappa shape index (κ3) is 2.26. The van der Waals surface area contributed by atoms with Crippen LogP contribution in [0.4, 0.5) is 5.82 Å². The first kappa shape index (κ1) is 16.1. The average Bonchev–Trinajstić information content (AvgIpc) is 3.09. The number of carboxylic acid groups (broad SMARTS) is 1. The second-order valence-corrected chi connectivity index (χ2v) is 5.53. The summed E-state index contributed by atoms with van der Waals surface area (Å²) >= 11 is 0. The maximum Gasteiger partial charge on any atom is 0.303 e. The van der Waals surface area contributed by atoms with E-state index in [9.17, 15) is 20.3 Å². The minimum atomic E-state index is -1.89. The smallest absolute Gasteiger partial charge is 0.303 e. The van der Waals surface area contributed by atoms with Gasteiger partial charge in [-0.1, -0.05) is 0 Å². The number of aromatic nitrogens is 3. The molecule has 2 aromatic rings. The van der Waals surface area contributed by atoms with Gasteiger partial charge in [0.2, 0.25) is 5.60 Å². The summed E-state index contributed by atoms with van der Waals surface area (Å²) < 4.78 is 6.93. The Morgan fingerprint density at radius 2 is 2.25 bits per heavy atom. The summed E-state index contributed by atoms with van der Waals surface area (Å²) in [5.74, 6) is -0.886. The standard InChI is InChI=1S/C14H15N5O5/c15-5-14(9-3-1-7-13(16)17-6-18-19(7)9)12(23)11(22)8(24-14)2-4-10(20)21/h1,3,6,8,11-12,22-23H,2,4H2,(H,20,21)(H2,16,17,18)/t8-,11-,12-,14+/m1/s1. The van der Waals surface area contributed by atoms with Gasteiger partial charge in [0.15, 0.2) is 5.82 Å². The number of nitriles is 1. The molecule has 4 atom stereocenters. The van der Waals surface area contributed by atoms with Crippen LogP contribution >= 0.6 is 0 Å². The molecule has 3 heterocycles. The molecule has 0 radical (unpaired) electrons. The molecule has 0 saturated carbocycles. The van der Waals surface area contributed by atoms with Crippen LogP contribution in [0, 0.1) is 11.3 Å². The van der Waals surface area contributed by atoms with Gasteiger partial charge < -0.3 is 25.8 Å². The summed E-state index contributed by atoms with van der Waals surface area (Å²) in [5, 5.41) is 43.0. The zero-order valence-corrected chi connectivity index (χ0v) is 12.4. The van der Waals surface area contributed by atoms with E-state index in [4.69, 9.17) is 15.6 Å². The Hall–Kier alpha value is -2.74. The number of aliphatic hydroxyl groups excluding tert-OH is 2. The van der Waals surface area contributed by atoms with Crippen molar-refractivity contribution >= 4 is 17.3 Å². The van der Waals surface area contributed by atoms with Crippen LogP contribution in [0.1, 0.15) is 18.5 Å². The molecule has 2 aromatic heterocycles. The lowest BCUT2D eigenvalue weighted by Gasteiger charge is -2.24. The number of anilines is 1. The third-order valence-electron chi connectivity index (χ3n) is 4.13. The Balaban J connectivity index is 2.04. The van der Waals surface area contributed by atoms with E-state index in [0.29, 0.717) is 5.52 Å². The molecule has 126 valence electrons. The van der Waals surface area contributed by atoms with E-state index in [0.717, 1.165) is 0 Å². The predicted molar refractivity (Wildman–Crippen MR) is 78.4 cm³/mol. The molecule has 1 aliphatic rings. The van der Waals surface area contributed by atoms with Gasteiger partial charge >= 0.3 is 5.97 Å². The number of carboxylic acids is 1. The van der Waals surface area contributed by atoms with E-state index in [1.54, 1.807) is 6.07 Å². The van der Waals surface area contributed by atoms with Crippen LogP contribution in [0.15, 0.2) is 18.5 Å². The molecule has 0 aromatic carbocycles. The average molecular weight is 333 g/mol. The van der Waals surface area contributed by atoms with Gasteiger partial charge in [0.25, 0.3) is 0 Å². The topological polar surface area (TPSA) is 167 Å². The maximum atomic E-state index is 10.7. The van der Waals surface area contributed by atoms with E-state index < -0.39 is 29.9 Å². The Kier molecular flexibility index (Phi) is 3.84. The van der Waals surface area contributed by atoms with E-state index in [-0.39, 0.29) is 24.4 Å². The zero-order valence-electron chi connectivity index (χ0n) is 12.4. The summed E-state index contributed by atoms with van der Waals surface area (Å²) in [7, 11) is 0. The fourth-order valence-corrected chi connectivity index (χ4v) is 2.91. The van der Waals surface area contributed by atoms with Crippen molar-refractivity contribution in [2.45, 2.75) is 36.8 Å². The van der Waals surface area contributed by atoms with Crippen LogP contribution in [0.25, 0.3) is 5.52 Å². The fourth-order valence-electron chi connectivity index (χ4n) is 2.91. The molecule has 0 aliphatic carbocycles. The molecule has 10 nitrogen and oxygen atoms in total. The van der Waals surface area contributed by atoms with Crippen molar-refractivity contribution in [1.82, 2.24) is 14.6 Å². The van der Waals surface area contributed by atoms with Gasteiger partial charge in [-0.3, -0.25) is 4.79 Å². The van der Waals surface area contributed by atoms with Crippen molar-refractivity contribution in [2.75, 3.05) is 5.73 Å². The van der Waals surface area contributed by atoms with E-state index in [1.165, 1.54) is 16.9 Å². The molecule has 0 bridgehead atoms. The van der Waals surface area contributed by atoms with Crippen molar-refractivity contribution in [3.05, 3.63) is 24.2 Å². The van der Waals surface area contributed by atoms with Crippen molar-refractivity contribution in [3.63, 3.8) is 0 Å². The molecule has 10 heteroatoms. The summed E-state index contributed by atoms with van der Waals surface area (Å²) in [5.41, 5.74) is 4.45. The maximum absolute atomic E-state index is 10.7. The van der Waals surface area contributed by atoms with Crippen LogP contribution in [-0.4, -0.2) is 54.2 Å². The van der Waals surface area contributed by atoms with Gasteiger partial charge in [-0.15, -0.1) is 0 Å². The first-order valence-corrected chi connectivity index (χ1v) is 7.16. The highest BCUT2D eigenvalue weighted by Crippen LogP contribution is 2.41. The lowest BCUT2D eigenvalue weighted by Crippen LogP contribution is -2.40. The van der Waals surface area contributed by atoms with Gasteiger partial charge in [0.05, 0.1) is 11.8 Å². The number of aliphatic carboxylic acids is 1. The first-order valence-electron chi connectivity index (χ1n) is 7.16. The quantitative estimate of drug-likeness (QED) is 0.549. The molecule has 24 heavy (non-hydrogen) atoms.